The van der Waals surface area contributed by atoms with Crippen LogP contribution < -0.4 is 14.5 Å². The molecule has 4 aromatic carbocycles. The summed E-state index contributed by atoms with van der Waals surface area (Å²) in [6, 6.07) is 23.7. The number of aromatic hydroxyl groups is 1. The molecule has 0 aliphatic heterocycles. The molecule has 1 amide bonds. The third-order valence-electron chi connectivity index (χ3n) is 5.55. The molecule has 0 spiro atoms. The van der Waals surface area contributed by atoms with Crippen LogP contribution in [-0.2, 0) is 14.8 Å². The van der Waals surface area contributed by atoms with Crippen LogP contribution in [0.5, 0.6) is 11.5 Å². The van der Waals surface area contributed by atoms with Gasteiger partial charge in [0.05, 0.1) is 23.9 Å². The van der Waals surface area contributed by atoms with Gasteiger partial charge in [0.15, 0.2) is 0 Å². The lowest BCUT2D eigenvalue weighted by molar-refractivity contribution is -0.119. The number of benzene rings is 4. The van der Waals surface area contributed by atoms with Gasteiger partial charge in [0.1, 0.15) is 18.0 Å². The number of hydrogen-bond donors (Lipinski definition) is 2. The number of phenolic OH excluding ortho intramolecular Hbond substituents is 1. The number of nitrogens with zero attached hydrogens (tertiary/aromatic N) is 2. The van der Waals surface area contributed by atoms with Crippen LogP contribution in [0.2, 0.25) is 0 Å². The van der Waals surface area contributed by atoms with Crippen molar-refractivity contribution in [1.29, 1.82) is 0 Å². The van der Waals surface area contributed by atoms with Crippen LogP contribution in [-0.4, -0.2) is 39.3 Å². The Morgan fingerprint density at radius 3 is 2.50 bits per heavy atom. The number of carbonyl (C=O) groups is 1. The van der Waals surface area contributed by atoms with Crippen molar-refractivity contribution in [3.63, 3.8) is 0 Å². The molecular formula is C27H25N3O5S. The molecule has 0 saturated carbocycles. The Morgan fingerprint density at radius 1 is 1.03 bits per heavy atom. The molecule has 0 radical (unpaired) electrons. The van der Waals surface area contributed by atoms with Crippen LogP contribution in [0.3, 0.4) is 0 Å². The molecule has 36 heavy (non-hydrogen) atoms. The number of nitrogens with one attached hydrogen (secondary N) is 1. The monoisotopic (exact) mass is 503 g/mol. The van der Waals surface area contributed by atoms with Gasteiger partial charge in [-0.2, -0.15) is 5.10 Å². The van der Waals surface area contributed by atoms with Crippen molar-refractivity contribution in [2.75, 3.05) is 18.0 Å². The van der Waals surface area contributed by atoms with Gasteiger partial charge in [-0.1, -0.05) is 54.6 Å². The smallest absolute Gasteiger partial charge is 0.264 e. The first-order valence-corrected chi connectivity index (χ1v) is 12.5. The summed E-state index contributed by atoms with van der Waals surface area (Å²) >= 11 is 0. The molecule has 0 atom stereocenters. The predicted octanol–water partition coefficient (Wildman–Crippen LogP) is 4.21. The molecule has 0 unspecified atom stereocenters. The van der Waals surface area contributed by atoms with Crippen LogP contribution in [0.15, 0.2) is 94.9 Å². The summed E-state index contributed by atoms with van der Waals surface area (Å²) in [6.45, 7) is 1.27. The molecule has 4 rings (SSSR count). The Bertz CT molecular complexity index is 1540. The lowest BCUT2D eigenvalue weighted by Crippen LogP contribution is -2.39. The second-order valence-corrected chi connectivity index (χ2v) is 9.88. The highest BCUT2D eigenvalue weighted by Crippen LogP contribution is 2.33. The fourth-order valence-corrected chi connectivity index (χ4v) is 5.21. The predicted molar refractivity (Wildman–Crippen MR) is 140 cm³/mol. The number of hydrogen-bond acceptors (Lipinski definition) is 6. The van der Waals surface area contributed by atoms with E-state index in [1.165, 1.54) is 25.5 Å². The van der Waals surface area contributed by atoms with E-state index in [-0.39, 0.29) is 16.3 Å². The topological polar surface area (TPSA) is 108 Å². The molecule has 0 aliphatic rings. The van der Waals surface area contributed by atoms with E-state index in [2.05, 4.69) is 10.5 Å². The van der Waals surface area contributed by atoms with Crippen LogP contribution in [0.4, 0.5) is 5.69 Å². The maximum absolute atomic E-state index is 13.6. The Kier molecular flexibility index (Phi) is 7.21. The second kappa shape index (κ2) is 10.5. The van der Waals surface area contributed by atoms with Crippen molar-refractivity contribution < 1.29 is 23.1 Å². The number of carbonyl (C=O) groups excluding carboxylic acids is 1. The maximum Gasteiger partial charge on any atom is 0.264 e. The summed E-state index contributed by atoms with van der Waals surface area (Å²) in [4.78, 5) is 12.9. The van der Waals surface area contributed by atoms with Crippen molar-refractivity contribution in [2.24, 2.45) is 5.10 Å². The Labute approximate surface area is 209 Å². The van der Waals surface area contributed by atoms with E-state index in [1.54, 1.807) is 48.5 Å². The number of anilines is 1. The van der Waals surface area contributed by atoms with E-state index in [4.69, 9.17) is 4.74 Å². The number of methoxy groups -OCH3 is 1. The minimum Gasteiger partial charge on any atom is -0.507 e. The van der Waals surface area contributed by atoms with Crippen molar-refractivity contribution >= 4 is 38.6 Å². The third kappa shape index (κ3) is 5.16. The zero-order chi connectivity index (χ0) is 25.7. The molecule has 8 nitrogen and oxygen atoms in total. The van der Waals surface area contributed by atoms with Gasteiger partial charge in [-0.25, -0.2) is 13.8 Å². The van der Waals surface area contributed by atoms with Crippen LogP contribution in [0.1, 0.15) is 11.1 Å². The largest absolute Gasteiger partial charge is 0.507 e. The van der Waals surface area contributed by atoms with Crippen molar-refractivity contribution in [1.82, 2.24) is 5.43 Å². The fourth-order valence-electron chi connectivity index (χ4n) is 3.77. The number of phenols is 1. The van der Waals surface area contributed by atoms with E-state index < -0.39 is 22.5 Å². The van der Waals surface area contributed by atoms with Gasteiger partial charge >= 0.3 is 0 Å². The van der Waals surface area contributed by atoms with Gasteiger partial charge in [0.25, 0.3) is 15.9 Å². The van der Waals surface area contributed by atoms with Crippen molar-refractivity contribution in [3.8, 4) is 11.5 Å². The van der Waals surface area contributed by atoms with Crippen LogP contribution >= 0.6 is 0 Å². The first kappa shape index (κ1) is 24.7. The molecule has 0 aliphatic carbocycles. The van der Waals surface area contributed by atoms with Crippen LogP contribution in [0.25, 0.3) is 10.8 Å². The zero-order valence-electron chi connectivity index (χ0n) is 19.8. The van der Waals surface area contributed by atoms with Gasteiger partial charge < -0.3 is 9.84 Å². The standard InChI is InChI=1S/C27H25N3O5S/c1-19-12-15-26(35-2)24(16-19)30(36(33,34)21-9-4-3-5-10-21)18-27(32)29-28-17-23-22-11-7-6-8-20(22)13-14-25(23)31/h3-17,31H,18H2,1-2H3,(H,29,32)/b28-17-. The number of hydrazone groups is 1. The van der Waals surface area contributed by atoms with Gasteiger partial charge in [-0.15, -0.1) is 0 Å². The van der Waals surface area contributed by atoms with Gasteiger partial charge in [0.2, 0.25) is 0 Å². The van der Waals surface area contributed by atoms with E-state index in [0.717, 1.165) is 20.6 Å². The normalized spacial score (nSPS) is 11.5. The fraction of sp³-hybridized carbons (Fsp3) is 0.111. The van der Waals surface area contributed by atoms with Gasteiger partial charge in [-0.05, 0) is 53.6 Å². The van der Waals surface area contributed by atoms with E-state index in [0.29, 0.717) is 11.3 Å². The first-order valence-electron chi connectivity index (χ1n) is 11.1. The average molecular weight is 504 g/mol. The quantitative estimate of drug-likeness (QED) is 0.277. The SMILES string of the molecule is COc1ccc(C)cc1N(CC(=O)N/N=C\c1c(O)ccc2ccccc12)S(=O)(=O)c1ccccc1. The molecule has 0 bridgehead atoms. The molecule has 184 valence electrons. The number of fused-ring (bicyclic) bond motifs is 1. The summed E-state index contributed by atoms with van der Waals surface area (Å²) in [5, 5.41) is 15.9. The summed E-state index contributed by atoms with van der Waals surface area (Å²) in [6.07, 6.45) is 1.33. The Morgan fingerprint density at radius 2 is 1.75 bits per heavy atom. The Hall–Kier alpha value is -4.37. The summed E-state index contributed by atoms with van der Waals surface area (Å²) in [7, 11) is -2.68. The highest BCUT2D eigenvalue weighted by atomic mass is 32.2. The Balaban J connectivity index is 1.64. The number of ether oxygens (including phenoxy) is 1. The lowest BCUT2D eigenvalue weighted by atomic mass is 10.0. The molecular weight excluding hydrogens is 478 g/mol. The molecule has 0 heterocycles. The second-order valence-electron chi connectivity index (χ2n) is 8.01. The zero-order valence-corrected chi connectivity index (χ0v) is 20.6. The highest BCUT2D eigenvalue weighted by Gasteiger charge is 2.29. The summed E-state index contributed by atoms with van der Waals surface area (Å²) in [5.41, 5.74) is 3.83. The van der Waals surface area contributed by atoms with Gasteiger partial charge in [-0.3, -0.25) is 9.10 Å². The molecule has 0 aromatic heterocycles. The number of amides is 1. The summed E-state index contributed by atoms with van der Waals surface area (Å²) in [5.74, 6) is -0.365. The lowest BCUT2D eigenvalue weighted by Gasteiger charge is -2.25. The minimum atomic E-state index is -4.11. The first-order chi connectivity index (χ1) is 17.3. The molecule has 9 heteroatoms. The van der Waals surface area contributed by atoms with E-state index in [9.17, 15) is 18.3 Å². The molecule has 2 N–H and O–H groups in total. The maximum atomic E-state index is 13.6. The van der Waals surface area contributed by atoms with Crippen molar-refractivity contribution in [2.45, 2.75) is 11.8 Å². The number of sulfonamides is 1. The molecule has 0 saturated heterocycles. The average Bonchev–Trinajstić information content (AvgIpc) is 2.89. The number of aryl methyl sites for hydroxylation is 1. The number of rotatable bonds is 8. The highest BCUT2D eigenvalue weighted by molar-refractivity contribution is 7.92. The molecule has 0 fully saturated rings. The van der Waals surface area contributed by atoms with Crippen LogP contribution in [0, 0.1) is 6.92 Å². The van der Waals surface area contributed by atoms with E-state index in [1.807, 2.05) is 31.2 Å². The van der Waals surface area contributed by atoms with Crippen molar-refractivity contribution in [3.05, 3.63) is 96.1 Å². The van der Waals surface area contributed by atoms with Gasteiger partial charge in [0, 0.05) is 5.56 Å². The third-order valence-corrected chi connectivity index (χ3v) is 7.33. The minimum absolute atomic E-state index is 0.00415. The van der Waals surface area contributed by atoms with E-state index >= 15 is 0 Å². The summed E-state index contributed by atoms with van der Waals surface area (Å²) < 4.78 is 33.5. The molecule has 4 aromatic rings.